The van der Waals surface area contributed by atoms with Gasteiger partial charge in [-0.2, -0.15) is 0 Å². The van der Waals surface area contributed by atoms with E-state index in [1.807, 2.05) is 0 Å². The fraction of sp³-hybridized carbons (Fsp3) is 0.750. The normalized spacial score (nSPS) is 25.1. The van der Waals surface area contributed by atoms with Crippen LogP contribution in [0.15, 0.2) is 0 Å². The van der Waals surface area contributed by atoms with Crippen LogP contribution in [0.1, 0.15) is 46.0 Å². The Morgan fingerprint density at radius 3 is 2.11 bits per heavy atom. The van der Waals surface area contributed by atoms with E-state index in [-0.39, 0.29) is 5.92 Å². The Labute approximate surface area is 111 Å². The van der Waals surface area contributed by atoms with Gasteiger partial charge in [-0.25, -0.2) is 0 Å². The molecule has 3 amide bonds. The van der Waals surface area contributed by atoms with E-state index in [1.165, 1.54) is 6.92 Å². The van der Waals surface area contributed by atoms with Crippen LogP contribution in [0.2, 0.25) is 0 Å². The SMILES string of the molecule is CC(=O)N1C(=O)C(C2CCCCC2)[N+](=O)N1C(C)=O. The van der Waals surface area contributed by atoms with Crippen LogP contribution in [0.5, 0.6) is 0 Å². The molecule has 1 unspecified atom stereocenters. The lowest BCUT2D eigenvalue weighted by molar-refractivity contribution is -0.715. The zero-order valence-electron chi connectivity index (χ0n) is 11.2. The van der Waals surface area contributed by atoms with Crippen molar-refractivity contribution in [2.75, 3.05) is 0 Å². The number of nitrogens with zero attached hydrogens (tertiary/aromatic N) is 3. The van der Waals surface area contributed by atoms with Crippen molar-refractivity contribution in [1.29, 1.82) is 0 Å². The molecule has 2 aliphatic rings. The smallest absolute Gasteiger partial charge is 0.273 e. The van der Waals surface area contributed by atoms with E-state index < -0.39 is 23.8 Å². The molecule has 0 radical (unpaired) electrons. The van der Waals surface area contributed by atoms with Gasteiger partial charge in [-0.3, -0.25) is 14.4 Å². The molecule has 1 atom stereocenters. The highest BCUT2D eigenvalue weighted by Crippen LogP contribution is 2.32. The van der Waals surface area contributed by atoms with Crippen LogP contribution in [0, 0.1) is 10.8 Å². The molecule has 0 aromatic rings. The topological polar surface area (TPSA) is 77.8 Å². The number of hydrogen-bond acceptors (Lipinski definition) is 4. The first-order valence-corrected chi connectivity index (χ1v) is 6.56. The van der Waals surface area contributed by atoms with Crippen molar-refractivity contribution in [3.05, 3.63) is 4.91 Å². The van der Waals surface area contributed by atoms with Crippen LogP contribution in [0.3, 0.4) is 0 Å². The fourth-order valence-electron chi connectivity index (χ4n) is 2.92. The number of amides is 3. The van der Waals surface area contributed by atoms with Gasteiger partial charge in [-0.05, 0) is 12.8 Å². The lowest BCUT2D eigenvalue weighted by atomic mass is 9.84. The summed E-state index contributed by atoms with van der Waals surface area (Å²) in [7, 11) is 0. The Balaban J connectivity index is 2.30. The van der Waals surface area contributed by atoms with Crippen molar-refractivity contribution in [3.63, 3.8) is 0 Å². The fourth-order valence-corrected chi connectivity index (χ4v) is 2.92. The van der Waals surface area contributed by atoms with E-state index in [0.29, 0.717) is 15.0 Å². The third-order valence-corrected chi connectivity index (χ3v) is 3.75. The number of imide groups is 1. The van der Waals surface area contributed by atoms with Gasteiger partial charge < -0.3 is 0 Å². The Morgan fingerprint density at radius 1 is 1.11 bits per heavy atom. The van der Waals surface area contributed by atoms with Crippen LogP contribution in [-0.2, 0) is 14.4 Å². The second-order valence-corrected chi connectivity index (χ2v) is 5.12. The zero-order valence-corrected chi connectivity index (χ0v) is 11.2. The van der Waals surface area contributed by atoms with Crippen LogP contribution < -0.4 is 0 Å². The molecule has 1 aliphatic heterocycles. The second kappa shape index (κ2) is 5.07. The van der Waals surface area contributed by atoms with E-state index in [4.69, 9.17) is 0 Å². The Hall–Kier alpha value is -1.79. The summed E-state index contributed by atoms with van der Waals surface area (Å²) >= 11 is 0. The van der Waals surface area contributed by atoms with Crippen molar-refractivity contribution in [3.8, 4) is 0 Å². The molecule has 0 bridgehead atoms. The molecule has 7 nitrogen and oxygen atoms in total. The van der Waals surface area contributed by atoms with Gasteiger partial charge in [0.15, 0.2) is 4.87 Å². The first kappa shape index (κ1) is 13.6. The third-order valence-electron chi connectivity index (χ3n) is 3.75. The highest BCUT2D eigenvalue weighted by atomic mass is 16.4. The number of rotatable bonds is 1. The Morgan fingerprint density at radius 2 is 1.68 bits per heavy atom. The zero-order chi connectivity index (χ0) is 14.2. The summed E-state index contributed by atoms with van der Waals surface area (Å²) in [6.45, 7) is 2.34. The highest BCUT2D eigenvalue weighted by Gasteiger charge is 2.60. The number of hydrogen-bond donors (Lipinski definition) is 0. The van der Waals surface area contributed by atoms with Crippen LogP contribution in [0.4, 0.5) is 0 Å². The summed E-state index contributed by atoms with van der Waals surface area (Å²) in [5.74, 6) is -1.90. The molecule has 19 heavy (non-hydrogen) atoms. The van der Waals surface area contributed by atoms with Crippen LogP contribution in [-0.4, -0.2) is 38.8 Å². The quantitative estimate of drug-likeness (QED) is 0.658. The standard InChI is InChI=1S/C12H18N3O4/c1-8(16)13-12(18)11(10-6-4-3-5-7-10)15(19)14(13)9(2)17/h10-11H,3-7H2,1-2H3/q+1. The van der Waals surface area contributed by atoms with Gasteiger partial charge in [0.25, 0.3) is 0 Å². The number of carbonyl (C=O) groups excluding carboxylic acids is 3. The van der Waals surface area contributed by atoms with Gasteiger partial charge in [-0.1, -0.05) is 19.3 Å². The minimum atomic E-state index is -0.937. The van der Waals surface area contributed by atoms with Crippen LogP contribution in [0.25, 0.3) is 0 Å². The largest absolute Gasteiger partial charge is 0.330 e. The molecular weight excluding hydrogens is 250 g/mol. The molecule has 0 aromatic heterocycles. The van der Waals surface area contributed by atoms with Gasteiger partial charge >= 0.3 is 17.9 Å². The molecule has 2 fully saturated rings. The molecule has 1 heterocycles. The molecule has 0 aromatic carbocycles. The molecule has 7 heteroatoms. The first-order chi connectivity index (χ1) is 8.95. The second-order valence-electron chi connectivity index (χ2n) is 5.12. The van der Waals surface area contributed by atoms with Gasteiger partial charge in [0.05, 0.1) is 4.91 Å². The molecule has 0 N–H and O–H groups in total. The predicted octanol–water partition coefficient (Wildman–Crippen LogP) is 0.781. The van der Waals surface area contributed by atoms with Crippen molar-refractivity contribution in [2.24, 2.45) is 5.92 Å². The lowest BCUT2D eigenvalue weighted by Gasteiger charge is -2.19. The summed E-state index contributed by atoms with van der Waals surface area (Å²) in [6, 6.07) is -0.937. The number of nitroso groups, excluding NO2 is 1. The molecule has 1 aliphatic carbocycles. The summed E-state index contributed by atoms with van der Waals surface area (Å²) in [5, 5.41) is 1.28. The van der Waals surface area contributed by atoms with E-state index in [2.05, 4.69) is 0 Å². The molecule has 1 saturated heterocycles. The molecule has 104 valence electrons. The molecule has 0 spiro atoms. The van der Waals surface area contributed by atoms with Crippen LogP contribution >= 0.6 is 0 Å². The van der Waals surface area contributed by atoms with E-state index >= 15 is 0 Å². The monoisotopic (exact) mass is 268 g/mol. The molecule has 1 saturated carbocycles. The maximum atomic E-state index is 12.2. The van der Waals surface area contributed by atoms with Gasteiger partial charge in [-0.15, -0.1) is 5.01 Å². The lowest BCUT2D eigenvalue weighted by Crippen LogP contribution is -2.46. The van der Waals surface area contributed by atoms with Gasteiger partial charge in [0.2, 0.25) is 5.91 Å². The van der Waals surface area contributed by atoms with Gasteiger partial charge in [0, 0.05) is 24.9 Å². The minimum absolute atomic E-state index is 0.0788. The van der Waals surface area contributed by atoms with Gasteiger partial charge in [0.1, 0.15) is 0 Å². The summed E-state index contributed by atoms with van der Waals surface area (Å²) in [5.41, 5.74) is 0. The average Bonchev–Trinajstić information content (AvgIpc) is 2.62. The third kappa shape index (κ3) is 2.24. The predicted molar refractivity (Wildman–Crippen MR) is 64.0 cm³/mol. The maximum absolute atomic E-state index is 12.2. The van der Waals surface area contributed by atoms with Crippen molar-refractivity contribution in [1.82, 2.24) is 10.1 Å². The van der Waals surface area contributed by atoms with Crippen molar-refractivity contribution in [2.45, 2.75) is 52.0 Å². The summed E-state index contributed by atoms with van der Waals surface area (Å²) in [4.78, 5) is 47.8. The van der Waals surface area contributed by atoms with Crippen molar-refractivity contribution >= 4 is 17.7 Å². The first-order valence-electron chi connectivity index (χ1n) is 6.56. The Bertz CT molecular complexity index is 410. The Kier molecular flexibility index (Phi) is 3.64. The average molecular weight is 268 g/mol. The summed E-state index contributed by atoms with van der Waals surface area (Å²) < 4.78 is 0. The maximum Gasteiger partial charge on any atom is 0.330 e. The summed E-state index contributed by atoms with van der Waals surface area (Å²) in [6.07, 6.45) is 4.62. The van der Waals surface area contributed by atoms with E-state index in [0.717, 1.165) is 39.0 Å². The number of carbonyl (C=O) groups is 3. The van der Waals surface area contributed by atoms with E-state index in [1.54, 1.807) is 0 Å². The molecule has 2 rings (SSSR count). The number of hydrazine groups is 2. The molecular formula is C12H18N3O4+. The highest BCUT2D eigenvalue weighted by molar-refractivity contribution is 5.98. The minimum Gasteiger partial charge on any atom is -0.273 e. The van der Waals surface area contributed by atoms with E-state index in [9.17, 15) is 19.3 Å². The van der Waals surface area contributed by atoms with Crippen molar-refractivity contribution < 1.29 is 19.3 Å².